The van der Waals surface area contributed by atoms with Gasteiger partial charge in [-0.05, 0) is 25.7 Å². The van der Waals surface area contributed by atoms with Crippen LogP contribution in [0.15, 0.2) is 0 Å². The summed E-state index contributed by atoms with van der Waals surface area (Å²) in [6.45, 7) is 6.01. The van der Waals surface area contributed by atoms with Gasteiger partial charge < -0.3 is 10.0 Å². The van der Waals surface area contributed by atoms with Crippen molar-refractivity contribution in [2.45, 2.75) is 45.4 Å². The van der Waals surface area contributed by atoms with E-state index in [0.717, 1.165) is 0 Å². The molecule has 1 atom stereocenters. The first-order valence-corrected chi connectivity index (χ1v) is 5.52. The molecule has 0 bridgehead atoms. The van der Waals surface area contributed by atoms with Crippen LogP contribution in [0.3, 0.4) is 0 Å². The molecule has 0 spiro atoms. The number of halogens is 1. The third-order valence-electron chi connectivity index (χ3n) is 3.30. The summed E-state index contributed by atoms with van der Waals surface area (Å²) in [6.07, 6.45) is -0.220. The van der Waals surface area contributed by atoms with Crippen molar-refractivity contribution >= 4 is 5.91 Å². The fraction of sp³-hybridized carbons (Fsp3) is 0.909. The molecule has 1 rings (SSSR count). The monoisotopic (exact) mass is 217 g/mol. The fourth-order valence-corrected chi connectivity index (χ4v) is 1.94. The van der Waals surface area contributed by atoms with Gasteiger partial charge in [0.25, 0.3) is 5.91 Å². The Kier molecular flexibility index (Phi) is 3.71. The average Bonchev–Trinajstić information content (AvgIpc) is 2.17. The second kappa shape index (κ2) is 4.47. The van der Waals surface area contributed by atoms with Gasteiger partial charge in [0.2, 0.25) is 0 Å². The molecule has 1 heterocycles. The van der Waals surface area contributed by atoms with Gasteiger partial charge in [-0.3, -0.25) is 4.79 Å². The number of amides is 1. The molecule has 0 radical (unpaired) electrons. The standard InChI is InChI=1S/C11H20FNO2/c1-8(2)11(12)4-6-13(7-5-11)10(15)9(3)14/h8-9,14H,4-7H2,1-3H3/t9-/m1/s1. The van der Waals surface area contributed by atoms with Crippen LogP contribution < -0.4 is 0 Å². The summed E-state index contributed by atoms with van der Waals surface area (Å²) in [5.41, 5.74) is -1.14. The summed E-state index contributed by atoms with van der Waals surface area (Å²) in [4.78, 5) is 13.0. The number of hydrogen-bond donors (Lipinski definition) is 1. The first-order valence-electron chi connectivity index (χ1n) is 5.52. The van der Waals surface area contributed by atoms with Gasteiger partial charge in [0.15, 0.2) is 0 Å². The molecule has 1 N–H and O–H groups in total. The molecule has 4 heteroatoms. The minimum atomic E-state index is -1.14. The van der Waals surface area contributed by atoms with Crippen LogP contribution in [-0.2, 0) is 4.79 Å². The van der Waals surface area contributed by atoms with Gasteiger partial charge in [-0.1, -0.05) is 13.8 Å². The molecular weight excluding hydrogens is 197 g/mol. The van der Waals surface area contributed by atoms with Crippen LogP contribution >= 0.6 is 0 Å². The normalized spacial score (nSPS) is 22.9. The summed E-state index contributed by atoms with van der Waals surface area (Å²) in [5, 5.41) is 9.13. The third-order valence-corrected chi connectivity index (χ3v) is 3.30. The number of carbonyl (C=O) groups is 1. The van der Waals surface area contributed by atoms with Gasteiger partial charge in [-0.25, -0.2) is 4.39 Å². The van der Waals surface area contributed by atoms with Crippen molar-refractivity contribution < 1.29 is 14.3 Å². The largest absolute Gasteiger partial charge is 0.384 e. The molecule has 1 fully saturated rings. The lowest BCUT2D eigenvalue weighted by atomic mass is 9.83. The molecule has 0 unspecified atom stereocenters. The number of piperidine rings is 1. The Balaban J connectivity index is 2.53. The number of hydrogen-bond acceptors (Lipinski definition) is 2. The Morgan fingerprint density at radius 3 is 2.13 bits per heavy atom. The average molecular weight is 217 g/mol. The van der Waals surface area contributed by atoms with E-state index in [9.17, 15) is 9.18 Å². The van der Waals surface area contributed by atoms with E-state index >= 15 is 0 Å². The summed E-state index contributed by atoms with van der Waals surface area (Å²) < 4.78 is 14.1. The van der Waals surface area contributed by atoms with E-state index in [1.165, 1.54) is 6.92 Å². The van der Waals surface area contributed by atoms with Crippen molar-refractivity contribution in [3.05, 3.63) is 0 Å². The van der Waals surface area contributed by atoms with Gasteiger partial charge in [-0.2, -0.15) is 0 Å². The Morgan fingerprint density at radius 2 is 1.80 bits per heavy atom. The predicted octanol–water partition coefficient (Wildman–Crippen LogP) is 1.35. The van der Waals surface area contributed by atoms with Crippen LogP contribution in [-0.4, -0.2) is 40.8 Å². The number of rotatable bonds is 2. The van der Waals surface area contributed by atoms with Crippen molar-refractivity contribution in [3.63, 3.8) is 0 Å². The number of aliphatic hydroxyl groups excluding tert-OH is 1. The maximum Gasteiger partial charge on any atom is 0.251 e. The Bertz CT molecular complexity index is 233. The zero-order valence-corrected chi connectivity index (χ0v) is 9.66. The molecule has 0 aromatic carbocycles. The summed E-state index contributed by atoms with van der Waals surface area (Å²) in [7, 11) is 0. The van der Waals surface area contributed by atoms with Gasteiger partial charge in [-0.15, -0.1) is 0 Å². The lowest BCUT2D eigenvalue weighted by molar-refractivity contribution is -0.142. The highest BCUT2D eigenvalue weighted by molar-refractivity contribution is 5.80. The lowest BCUT2D eigenvalue weighted by Gasteiger charge is -2.39. The van der Waals surface area contributed by atoms with E-state index in [1.54, 1.807) is 4.90 Å². The van der Waals surface area contributed by atoms with Crippen LogP contribution in [0.1, 0.15) is 33.6 Å². The maximum atomic E-state index is 14.1. The van der Waals surface area contributed by atoms with E-state index in [1.807, 2.05) is 13.8 Å². The van der Waals surface area contributed by atoms with Gasteiger partial charge in [0.1, 0.15) is 11.8 Å². The van der Waals surface area contributed by atoms with Gasteiger partial charge in [0, 0.05) is 13.1 Å². The molecule has 1 saturated heterocycles. The second-order valence-corrected chi connectivity index (χ2v) is 4.69. The third kappa shape index (κ3) is 2.68. The van der Waals surface area contributed by atoms with Crippen molar-refractivity contribution in [3.8, 4) is 0 Å². The SMILES string of the molecule is CC(C)C1(F)CCN(C(=O)[C@@H](C)O)CC1. The van der Waals surface area contributed by atoms with Crippen LogP contribution in [0.4, 0.5) is 4.39 Å². The Labute approximate surface area is 90.3 Å². The van der Waals surface area contributed by atoms with Crippen LogP contribution in [0.5, 0.6) is 0 Å². The highest BCUT2D eigenvalue weighted by Gasteiger charge is 2.38. The number of likely N-dealkylation sites (tertiary alicyclic amines) is 1. The van der Waals surface area contributed by atoms with E-state index in [4.69, 9.17) is 5.11 Å². The smallest absolute Gasteiger partial charge is 0.251 e. The molecular formula is C11H20FNO2. The summed E-state index contributed by atoms with van der Waals surface area (Å²) >= 11 is 0. The molecule has 1 amide bonds. The molecule has 1 aliphatic rings. The summed E-state index contributed by atoms with van der Waals surface area (Å²) in [5.74, 6) is -0.304. The molecule has 3 nitrogen and oxygen atoms in total. The molecule has 1 aliphatic heterocycles. The minimum Gasteiger partial charge on any atom is -0.384 e. The highest BCUT2D eigenvalue weighted by atomic mass is 19.1. The number of alkyl halides is 1. The lowest BCUT2D eigenvalue weighted by Crippen LogP contribution is -2.49. The van der Waals surface area contributed by atoms with E-state index in [0.29, 0.717) is 25.9 Å². The summed E-state index contributed by atoms with van der Waals surface area (Å²) in [6, 6.07) is 0. The molecule has 0 aliphatic carbocycles. The topological polar surface area (TPSA) is 40.5 Å². The molecule has 0 saturated carbocycles. The fourth-order valence-electron chi connectivity index (χ4n) is 1.94. The second-order valence-electron chi connectivity index (χ2n) is 4.69. The molecule has 0 aromatic heterocycles. The Hall–Kier alpha value is -0.640. The van der Waals surface area contributed by atoms with Crippen molar-refractivity contribution in [1.82, 2.24) is 4.90 Å². The quantitative estimate of drug-likeness (QED) is 0.758. The van der Waals surface area contributed by atoms with Crippen LogP contribution in [0.2, 0.25) is 0 Å². The zero-order chi connectivity index (χ0) is 11.6. The molecule has 88 valence electrons. The van der Waals surface area contributed by atoms with Crippen LogP contribution in [0, 0.1) is 5.92 Å². The molecule has 0 aromatic rings. The maximum absolute atomic E-state index is 14.1. The van der Waals surface area contributed by atoms with Crippen molar-refractivity contribution in [2.24, 2.45) is 5.92 Å². The number of nitrogens with zero attached hydrogens (tertiary/aromatic N) is 1. The number of carbonyl (C=O) groups excluding carboxylic acids is 1. The Morgan fingerprint density at radius 1 is 1.33 bits per heavy atom. The highest BCUT2D eigenvalue weighted by Crippen LogP contribution is 2.33. The first-order chi connectivity index (χ1) is 6.87. The number of aliphatic hydroxyl groups is 1. The van der Waals surface area contributed by atoms with Gasteiger partial charge >= 0.3 is 0 Å². The van der Waals surface area contributed by atoms with E-state index in [-0.39, 0.29) is 11.8 Å². The van der Waals surface area contributed by atoms with E-state index < -0.39 is 11.8 Å². The predicted molar refractivity (Wildman–Crippen MR) is 56.2 cm³/mol. The zero-order valence-electron chi connectivity index (χ0n) is 9.66. The van der Waals surface area contributed by atoms with Crippen molar-refractivity contribution in [1.29, 1.82) is 0 Å². The van der Waals surface area contributed by atoms with Crippen molar-refractivity contribution in [2.75, 3.05) is 13.1 Å². The molecule has 15 heavy (non-hydrogen) atoms. The van der Waals surface area contributed by atoms with Gasteiger partial charge in [0.05, 0.1) is 0 Å². The van der Waals surface area contributed by atoms with E-state index in [2.05, 4.69) is 0 Å². The minimum absolute atomic E-state index is 0.0127. The first kappa shape index (κ1) is 12.4. The van der Waals surface area contributed by atoms with Crippen LogP contribution in [0.25, 0.3) is 0 Å².